The highest BCUT2D eigenvalue weighted by atomic mass is 15.2. The zero-order valence-corrected chi connectivity index (χ0v) is 11.3. The van der Waals surface area contributed by atoms with Gasteiger partial charge < -0.3 is 5.73 Å². The van der Waals surface area contributed by atoms with Crippen molar-refractivity contribution >= 4 is 5.84 Å². The summed E-state index contributed by atoms with van der Waals surface area (Å²) in [6, 6.07) is 4.79. The fourth-order valence-electron chi connectivity index (χ4n) is 3.71. The Morgan fingerprint density at radius 3 is 3.05 bits per heavy atom. The molecule has 1 aliphatic carbocycles. The van der Waals surface area contributed by atoms with Crippen molar-refractivity contribution in [2.75, 3.05) is 6.54 Å². The second-order valence-electron chi connectivity index (χ2n) is 5.83. The van der Waals surface area contributed by atoms with Crippen LogP contribution in [0.2, 0.25) is 0 Å². The molecule has 4 nitrogen and oxygen atoms in total. The fourth-order valence-corrected chi connectivity index (χ4v) is 3.71. The predicted molar refractivity (Wildman–Crippen MR) is 76.0 cm³/mol. The summed E-state index contributed by atoms with van der Waals surface area (Å²) in [4.78, 5) is 6.76. The van der Waals surface area contributed by atoms with E-state index in [2.05, 4.69) is 9.88 Å². The lowest BCUT2D eigenvalue weighted by atomic mass is 9.91. The normalized spacial score (nSPS) is 27.2. The quantitative estimate of drug-likeness (QED) is 0.645. The molecule has 102 valence electrons. The molecule has 1 aliphatic heterocycles. The number of hydrogen-bond donors (Lipinski definition) is 2. The number of pyridine rings is 1. The number of likely N-dealkylation sites (tertiary alicyclic amines) is 1. The summed E-state index contributed by atoms with van der Waals surface area (Å²) < 4.78 is 0. The van der Waals surface area contributed by atoms with Gasteiger partial charge in [-0.05, 0) is 55.8 Å². The molecule has 1 saturated heterocycles. The molecular weight excluding hydrogens is 236 g/mol. The van der Waals surface area contributed by atoms with E-state index in [4.69, 9.17) is 11.1 Å². The second kappa shape index (κ2) is 5.29. The van der Waals surface area contributed by atoms with Crippen molar-refractivity contribution in [1.29, 1.82) is 5.41 Å². The predicted octanol–water partition coefficient (Wildman–Crippen LogP) is 2.13. The molecule has 1 saturated carbocycles. The number of piperidine rings is 1. The van der Waals surface area contributed by atoms with Crippen molar-refractivity contribution in [3.63, 3.8) is 0 Å². The molecule has 0 amide bonds. The summed E-state index contributed by atoms with van der Waals surface area (Å²) in [5.74, 6) is 0.974. The summed E-state index contributed by atoms with van der Waals surface area (Å²) in [6.07, 6.45) is 8.66. The summed E-state index contributed by atoms with van der Waals surface area (Å²) in [5, 5.41) is 7.47. The first-order valence-electron chi connectivity index (χ1n) is 7.27. The lowest BCUT2D eigenvalue weighted by Crippen LogP contribution is -2.41. The summed E-state index contributed by atoms with van der Waals surface area (Å²) in [6.45, 7) is 2.18. The van der Waals surface area contributed by atoms with E-state index in [9.17, 15) is 0 Å². The minimum atomic E-state index is 0.0548. The molecule has 0 radical (unpaired) electrons. The molecule has 3 rings (SSSR count). The summed E-state index contributed by atoms with van der Waals surface area (Å²) >= 11 is 0. The van der Waals surface area contributed by atoms with Crippen LogP contribution in [0.25, 0.3) is 0 Å². The van der Waals surface area contributed by atoms with Crippen LogP contribution in [-0.2, 0) is 6.54 Å². The van der Waals surface area contributed by atoms with Crippen LogP contribution < -0.4 is 5.73 Å². The topological polar surface area (TPSA) is 66.0 Å². The van der Waals surface area contributed by atoms with E-state index in [1.54, 1.807) is 6.20 Å². The van der Waals surface area contributed by atoms with Gasteiger partial charge in [0.2, 0.25) is 0 Å². The van der Waals surface area contributed by atoms with Crippen LogP contribution in [0.4, 0.5) is 0 Å². The average molecular weight is 258 g/mol. The minimum absolute atomic E-state index is 0.0548. The molecule has 0 bridgehead atoms. The largest absolute Gasteiger partial charge is 0.382 e. The summed E-state index contributed by atoms with van der Waals surface area (Å²) in [5.41, 5.74) is 7.33. The standard InChI is InChI=1S/C15H22N4/c16-15(17)13-9-11(6-7-18-13)10-19-8-2-4-12-3-1-5-14(12)19/h6-7,9,12,14H,1-5,8,10H2,(H3,16,17). The third-order valence-corrected chi connectivity index (χ3v) is 4.59. The van der Waals surface area contributed by atoms with Crippen molar-refractivity contribution < 1.29 is 0 Å². The van der Waals surface area contributed by atoms with E-state index in [-0.39, 0.29) is 5.84 Å². The maximum Gasteiger partial charge on any atom is 0.141 e. The van der Waals surface area contributed by atoms with Gasteiger partial charge in [-0.15, -0.1) is 0 Å². The molecule has 0 aromatic carbocycles. The number of rotatable bonds is 3. The lowest BCUT2D eigenvalue weighted by molar-refractivity contribution is 0.106. The first kappa shape index (κ1) is 12.6. The van der Waals surface area contributed by atoms with Crippen LogP contribution in [-0.4, -0.2) is 28.3 Å². The monoisotopic (exact) mass is 258 g/mol. The van der Waals surface area contributed by atoms with Gasteiger partial charge >= 0.3 is 0 Å². The van der Waals surface area contributed by atoms with Crippen molar-refractivity contribution in [3.8, 4) is 0 Å². The minimum Gasteiger partial charge on any atom is -0.382 e. The number of hydrogen-bond acceptors (Lipinski definition) is 3. The van der Waals surface area contributed by atoms with E-state index in [0.29, 0.717) is 5.69 Å². The number of aromatic nitrogens is 1. The highest BCUT2D eigenvalue weighted by molar-refractivity contribution is 5.93. The fraction of sp³-hybridized carbons (Fsp3) is 0.600. The van der Waals surface area contributed by atoms with Gasteiger partial charge in [0.1, 0.15) is 11.5 Å². The molecule has 2 aliphatic rings. The highest BCUT2D eigenvalue weighted by Gasteiger charge is 2.34. The molecule has 2 unspecified atom stereocenters. The van der Waals surface area contributed by atoms with Crippen molar-refractivity contribution in [2.45, 2.75) is 44.7 Å². The van der Waals surface area contributed by atoms with Gasteiger partial charge in [0, 0.05) is 18.8 Å². The van der Waals surface area contributed by atoms with E-state index >= 15 is 0 Å². The Morgan fingerprint density at radius 1 is 1.37 bits per heavy atom. The molecule has 1 aromatic heterocycles. The maximum absolute atomic E-state index is 7.47. The van der Waals surface area contributed by atoms with Crippen LogP contribution in [0.3, 0.4) is 0 Å². The van der Waals surface area contributed by atoms with Gasteiger partial charge in [0.05, 0.1) is 0 Å². The zero-order chi connectivity index (χ0) is 13.2. The second-order valence-corrected chi connectivity index (χ2v) is 5.83. The Hall–Kier alpha value is -1.42. The van der Waals surface area contributed by atoms with E-state index < -0.39 is 0 Å². The number of nitrogen functional groups attached to an aromatic ring is 1. The van der Waals surface area contributed by atoms with E-state index in [0.717, 1.165) is 18.5 Å². The SMILES string of the molecule is N=C(N)c1cc(CN2CCCC3CCCC32)ccn1. The third-order valence-electron chi connectivity index (χ3n) is 4.59. The van der Waals surface area contributed by atoms with Gasteiger partial charge in [0.25, 0.3) is 0 Å². The van der Waals surface area contributed by atoms with Gasteiger partial charge in [-0.1, -0.05) is 6.42 Å². The van der Waals surface area contributed by atoms with E-state index in [1.807, 2.05) is 12.1 Å². The maximum atomic E-state index is 7.47. The number of fused-ring (bicyclic) bond motifs is 1. The smallest absolute Gasteiger partial charge is 0.141 e. The van der Waals surface area contributed by atoms with Gasteiger partial charge in [0.15, 0.2) is 0 Å². The van der Waals surface area contributed by atoms with Crippen LogP contribution in [0.1, 0.15) is 43.4 Å². The lowest BCUT2D eigenvalue weighted by Gasteiger charge is -2.37. The van der Waals surface area contributed by atoms with Crippen LogP contribution in [0, 0.1) is 11.3 Å². The molecule has 0 spiro atoms. The zero-order valence-electron chi connectivity index (χ0n) is 11.3. The van der Waals surface area contributed by atoms with Crippen LogP contribution in [0.5, 0.6) is 0 Å². The molecule has 2 heterocycles. The molecule has 2 atom stereocenters. The number of nitrogens with two attached hydrogens (primary N) is 1. The first-order chi connectivity index (χ1) is 9.24. The first-order valence-corrected chi connectivity index (χ1v) is 7.27. The Morgan fingerprint density at radius 2 is 2.21 bits per heavy atom. The van der Waals surface area contributed by atoms with Crippen molar-refractivity contribution in [2.24, 2.45) is 11.7 Å². The van der Waals surface area contributed by atoms with Gasteiger partial charge in [-0.2, -0.15) is 0 Å². The average Bonchev–Trinajstić information content (AvgIpc) is 2.88. The molecule has 3 N–H and O–H groups in total. The highest BCUT2D eigenvalue weighted by Crippen LogP contribution is 2.37. The van der Waals surface area contributed by atoms with E-state index in [1.165, 1.54) is 44.2 Å². The number of nitrogens with one attached hydrogen (secondary N) is 1. The van der Waals surface area contributed by atoms with Crippen molar-refractivity contribution in [1.82, 2.24) is 9.88 Å². The third kappa shape index (κ3) is 2.63. The Balaban J connectivity index is 1.73. The van der Waals surface area contributed by atoms with Gasteiger partial charge in [-0.25, -0.2) is 0 Å². The number of nitrogens with zero attached hydrogens (tertiary/aromatic N) is 2. The Bertz CT molecular complexity index is 471. The van der Waals surface area contributed by atoms with Gasteiger partial charge in [-0.3, -0.25) is 15.3 Å². The molecular formula is C15H22N4. The van der Waals surface area contributed by atoms with Crippen molar-refractivity contribution in [3.05, 3.63) is 29.6 Å². The Labute approximate surface area is 114 Å². The van der Waals surface area contributed by atoms with Crippen LogP contribution >= 0.6 is 0 Å². The van der Waals surface area contributed by atoms with Crippen LogP contribution in [0.15, 0.2) is 18.3 Å². The Kier molecular flexibility index (Phi) is 3.51. The number of amidine groups is 1. The molecule has 4 heteroatoms. The molecule has 1 aromatic rings. The molecule has 2 fully saturated rings. The summed E-state index contributed by atoms with van der Waals surface area (Å²) in [7, 11) is 0. The molecule has 19 heavy (non-hydrogen) atoms.